The van der Waals surface area contributed by atoms with E-state index in [4.69, 9.17) is 32.9 Å². The molecule has 7 rings (SSSR count). The summed E-state index contributed by atoms with van der Waals surface area (Å²) in [4.78, 5) is 22.0. The zero-order chi connectivity index (χ0) is 36.6. The molecule has 52 heavy (non-hydrogen) atoms. The van der Waals surface area contributed by atoms with E-state index in [9.17, 15) is 4.79 Å². The molecule has 0 aromatic heterocycles. The van der Waals surface area contributed by atoms with Gasteiger partial charge in [0.25, 0.3) is 0 Å². The molecule has 2 heterocycles. The largest absolute Gasteiger partial charge is 0.469 e. The molecule has 0 radical (unpaired) electrons. The van der Waals surface area contributed by atoms with Crippen LogP contribution in [0.5, 0.6) is 0 Å². The van der Waals surface area contributed by atoms with Gasteiger partial charge in [0.2, 0.25) is 0 Å². The maximum absolute atomic E-state index is 12.3. The van der Waals surface area contributed by atoms with Gasteiger partial charge >= 0.3 is 5.97 Å². The molecule has 0 unspecified atom stereocenters. The average molecular weight is 729 g/mol. The second kappa shape index (κ2) is 14.3. The predicted molar refractivity (Wildman–Crippen MR) is 217 cm³/mol. The number of aliphatic imine (C=N–C) groups is 1. The van der Waals surface area contributed by atoms with Gasteiger partial charge < -0.3 is 14.5 Å². The zero-order valence-corrected chi connectivity index (χ0v) is 31.8. The highest BCUT2D eigenvalue weighted by molar-refractivity contribution is 6.31. The monoisotopic (exact) mass is 727 g/mol. The van der Waals surface area contributed by atoms with Crippen LogP contribution < -0.4 is 9.80 Å². The van der Waals surface area contributed by atoms with Crippen molar-refractivity contribution in [3.63, 3.8) is 0 Å². The fourth-order valence-electron chi connectivity index (χ4n) is 7.70. The van der Waals surface area contributed by atoms with Crippen LogP contribution in [0.15, 0.2) is 149 Å². The molecule has 0 bridgehead atoms. The number of hydrogen-bond donors (Lipinski definition) is 0. The summed E-state index contributed by atoms with van der Waals surface area (Å²) in [7, 11) is 1.44. The van der Waals surface area contributed by atoms with E-state index in [-0.39, 0.29) is 23.2 Å². The molecule has 3 aliphatic rings. The zero-order valence-electron chi connectivity index (χ0n) is 30.3. The van der Waals surface area contributed by atoms with Gasteiger partial charge in [-0.15, -0.1) is 0 Å². The van der Waals surface area contributed by atoms with Gasteiger partial charge in [0.05, 0.1) is 30.6 Å². The molecule has 1 aliphatic carbocycles. The van der Waals surface area contributed by atoms with Crippen molar-refractivity contribution in [1.82, 2.24) is 0 Å². The van der Waals surface area contributed by atoms with Gasteiger partial charge in [-0.3, -0.25) is 9.79 Å². The number of allylic oxidation sites excluding steroid dienone is 7. The van der Waals surface area contributed by atoms with Crippen LogP contribution in [0, 0.1) is 0 Å². The van der Waals surface area contributed by atoms with Crippen LogP contribution in [0.25, 0.3) is 0 Å². The van der Waals surface area contributed by atoms with Crippen molar-refractivity contribution in [1.29, 1.82) is 0 Å². The van der Waals surface area contributed by atoms with Crippen molar-refractivity contribution in [2.24, 2.45) is 4.99 Å². The number of ether oxygens (including phenoxy) is 1. The van der Waals surface area contributed by atoms with E-state index >= 15 is 0 Å². The number of carbonyl (C=O) groups is 1. The first-order valence-electron chi connectivity index (χ1n) is 17.8. The number of anilines is 3. The predicted octanol–water partition coefficient (Wildman–Crippen LogP) is 12.0. The molecular formula is C45H43Cl2N3O2. The van der Waals surface area contributed by atoms with Gasteiger partial charge in [-0.2, -0.15) is 0 Å². The molecule has 0 N–H and O–H groups in total. The Labute approximate surface area is 317 Å². The first-order valence-corrected chi connectivity index (χ1v) is 18.5. The lowest BCUT2D eigenvalue weighted by Crippen LogP contribution is -2.28. The Balaban J connectivity index is 1.36. The summed E-state index contributed by atoms with van der Waals surface area (Å²) >= 11 is 13.0. The van der Waals surface area contributed by atoms with E-state index in [0.29, 0.717) is 11.6 Å². The second-order valence-electron chi connectivity index (χ2n) is 14.5. The number of halogens is 2. The summed E-state index contributed by atoms with van der Waals surface area (Å²) in [5.74, 6) is -0.238. The van der Waals surface area contributed by atoms with Gasteiger partial charge in [-0.25, -0.2) is 0 Å². The Bertz CT molecular complexity index is 2140. The van der Waals surface area contributed by atoms with Gasteiger partial charge in [0.15, 0.2) is 0 Å². The molecule has 264 valence electrons. The van der Waals surface area contributed by atoms with Gasteiger partial charge in [0, 0.05) is 50.2 Å². The summed E-state index contributed by atoms with van der Waals surface area (Å²) < 4.78 is 5.03. The highest BCUT2D eigenvalue weighted by Crippen LogP contribution is 2.49. The highest BCUT2D eigenvalue weighted by Gasteiger charge is 2.40. The fourth-order valence-corrected chi connectivity index (χ4v) is 8.04. The van der Waals surface area contributed by atoms with Crippen molar-refractivity contribution in [2.75, 3.05) is 23.5 Å². The summed E-state index contributed by atoms with van der Waals surface area (Å²) in [6, 6.07) is 33.1. The molecule has 0 saturated heterocycles. The van der Waals surface area contributed by atoms with E-state index in [1.165, 1.54) is 18.3 Å². The molecule has 0 spiro atoms. The number of carbonyl (C=O) groups excluding carboxylic acids is 1. The van der Waals surface area contributed by atoms with Gasteiger partial charge in [-0.05, 0) is 108 Å². The summed E-state index contributed by atoms with van der Waals surface area (Å²) in [5.41, 5.74) is 11.6. The molecular weight excluding hydrogens is 685 g/mol. The van der Waals surface area contributed by atoms with Crippen molar-refractivity contribution >= 4 is 57.6 Å². The summed E-state index contributed by atoms with van der Waals surface area (Å²) in [6.07, 6.45) is 11.0. The molecule has 7 heteroatoms. The van der Waals surface area contributed by atoms with Crippen molar-refractivity contribution in [2.45, 2.75) is 57.8 Å². The van der Waals surface area contributed by atoms with Crippen LogP contribution >= 0.6 is 23.2 Å². The van der Waals surface area contributed by atoms with Crippen molar-refractivity contribution in [3.8, 4) is 0 Å². The first kappa shape index (κ1) is 35.6. The number of esters is 1. The van der Waals surface area contributed by atoms with Crippen LogP contribution in [0.2, 0.25) is 10.0 Å². The lowest BCUT2D eigenvalue weighted by Gasteiger charge is -2.29. The van der Waals surface area contributed by atoms with Crippen LogP contribution in [0.3, 0.4) is 0 Å². The Morgan fingerprint density at radius 1 is 0.808 bits per heavy atom. The topological polar surface area (TPSA) is 45.1 Å². The molecule has 0 saturated carbocycles. The number of rotatable bonds is 9. The Morgan fingerprint density at radius 2 is 1.44 bits per heavy atom. The minimum Gasteiger partial charge on any atom is -0.469 e. The van der Waals surface area contributed by atoms with E-state index in [1.807, 2.05) is 30.3 Å². The molecule has 0 fully saturated rings. The maximum atomic E-state index is 12.3. The smallest absolute Gasteiger partial charge is 0.307 e. The summed E-state index contributed by atoms with van der Waals surface area (Å²) in [6.45, 7) is 9.36. The number of benzene rings is 4. The normalized spacial score (nSPS) is 18.7. The summed E-state index contributed by atoms with van der Waals surface area (Å²) in [5, 5.41) is 1.41. The molecule has 0 atom stereocenters. The van der Waals surface area contributed by atoms with Crippen LogP contribution in [0.4, 0.5) is 22.7 Å². The van der Waals surface area contributed by atoms with E-state index < -0.39 is 0 Å². The molecule has 2 aliphatic heterocycles. The Hall–Kier alpha value is -4.84. The highest BCUT2D eigenvalue weighted by atomic mass is 35.5. The van der Waals surface area contributed by atoms with E-state index in [2.05, 4.69) is 129 Å². The number of fused-ring (bicyclic) bond motifs is 2. The molecule has 0 amide bonds. The quantitative estimate of drug-likeness (QED) is 0.161. The molecule has 4 aromatic carbocycles. The van der Waals surface area contributed by atoms with Crippen molar-refractivity contribution in [3.05, 3.63) is 165 Å². The number of methoxy groups -OCH3 is 1. The third kappa shape index (κ3) is 6.64. The lowest BCUT2D eigenvalue weighted by atomic mass is 9.81. The third-order valence-corrected chi connectivity index (χ3v) is 11.0. The number of nitrogens with zero attached hydrogens (tertiary/aromatic N) is 3. The maximum Gasteiger partial charge on any atom is 0.307 e. The van der Waals surface area contributed by atoms with E-state index in [0.717, 1.165) is 68.8 Å². The first-order chi connectivity index (χ1) is 25.0. The Morgan fingerprint density at radius 3 is 2.10 bits per heavy atom. The molecule has 4 aromatic rings. The SMILES string of the molecule is COC(=O)CCN1/C(=C/C=C2\CCC(/C=C/C3=Nc4ccc(Cl)cc4C3(C)C)=C2N(c2ccccc2)c2ccccc2)C(C)(C)c2cc(Cl)ccc21. The van der Waals surface area contributed by atoms with Gasteiger partial charge in [0.1, 0.15) is 0 Å². The minimum absolute atomic E-state index is 0.238. The van der Waals surface area contributed by atoms with E-state index in [1.54, 1.807) is 0 Å². The van der Waals surface area contributed by atoms with Crippen LogP contribution in [0.1, 0.15) is 58.1 Å². The fraction of sp³-hybridized carbons (Fsp3) is 0.244. The van der Waals surface area contributed by atoms with Gasteiger partial charge in [-0.1, -0.05) is 99.4 Å². The average Bonchev–Trinajstić information content (AvgIpc) is 3.72. The standard InChI is InChI=1S/C45H43Cl2N3O2/c1-44(2)36-28-32(46)20-22-38(36)48-40(44)24-18-30-16-17-31(43(30)50(34-12-8-6-9-13-34)35-14-10-7-11-15-35)19-25-41-45(3,4)37-29-33(47)21-23-39(37)49(41)27-26-42(51)52-5/h6-15,18-25,28-29H,16-17,26-27H2,1-5H3/b24-18+,31-19+,41-25+. The molecule has 5 nitrogen and oxygen atoms in total. The van der Waals surface area contributed by atoms with Crippen LogP contribution in [-0.2, 0) is 20.4 Å². The van der Waals surface area contributed by atoms with Crippen molar-refractivity contribution < 1.29 is 9.53 Å². The van der Waals surface area contributed by atoms with Crippen LogP contribution in [-0.4, -0.2) is 25.3 Å². The number of hydrogen-bond acceptors (Lipinski definition) is 5. The minimum atomic E-state index is -0.346. The Kier molecular flexibility index (Phi) is 9.77. The third-order valence-electron chi connectivity index (χ3n) is 10.5. The number of para-hydroxylation sites is 2. The second-order valence-corrected chi connectivity index (χ2v) is 15.4. The lowest BCUT2D eigenvalue weighted by molar-refractivity contribution is -0.140.